The molecular weight excluding hydrogens is 484 g/mol. The molecule has 8 nitrogen and oxygen atoms in total. The molecule has 0 bridgehead atoms. The predicted octanol–water partition coefficient (Wildman–Crippen LogP) is 4.03. The zero-order valence-corrected chi connectivity index (χ0v) is 21.5. The van der Waals surface area contributed by atoms with Gasteiger partial charge in [0.2, 0.25) is 5.78 Å². The fourth-order valence-electron chi connectivity index (χ4n) is 4.47. The molecule has 1 aliphatic carbocycles. The van der Waals surface area contributed by atoms with Gasteiger partial charge in [-0.2, -0.15) is 8.42 Å². The monoisotopic (exact) mass is 514 g/mol. The van der Waals surface area contributed by atoms with Gasteiger partial charge in [0.25, 0.3) is 0 Å². The highest BCUT2D eigenvalue weighted by molar-refractivity contribution is 7.84. The first-order valence-corrected chi connectivity index (χ1v) is 14.0. The van der Waals surface area contributed by atoms with Crippen LogP contribution in [0.5, 0.6) is 0 Å². The number of hydrogen-bond donors (Lipinski definition) is 2. The summed E-state index contributed by atoms with van der Waals surface area (Å²) in [5.41, 5.74) is 4.11. The Kier molecular flexibility index (Phi) is 7.95. The number of hydrogen-bond acceptors (Lipinski definition) is 8. The average molecular weight is 515 g/mol. The highest BCUT2D eigenvalue weighted by Crippen LogP contribution is 2.31. The first-order valence-electron chi connectivity index (χ1n) is 11.7. The molecule has 0 aliphatic heterocycles. The molecule has 186 valence electrons. The summed E-state index contributed by atoms with van der Waals surface area (Å²) in [6.45, 7) is 4.25. The highest BCUT2D eigenvalue weighted by Gasteiger charge is 2.28. The third-order valence-electron chi connectivity index (χ3n) is 6.35. The molecule has 4 rings (SSSR count). The lowest BCUT2D eigenvalue weighted by Gasteiger charge is -2.15. The molecule has 3 aromatic rings. The van der Waals surface area contributed by atoms with Gasteiger partial charge in [0, 0.05) is 17.1 Å². The fourth-order valence-corrected chi connectivity index (χ4v) is 5.85. The molecule has 0 amide bonds. The van der Waals surface area contributed by atoms with E-state index in [4.69, 9.17) is 9.32 Å². The lowest BCUT2D eigenvalue weighted by Crippen LogP contribution is -2.22. The average Bonchev–Trinajstić information content (AvgIpc) is 3.43. The minimum Gasteiger partial charge on any atom is -0.367 e. The van der Waals surface area contributed by atoms with Crippen LogP contribution in [0, 0.1) is 12.8 Å². The van der Waals surface area contributed by atoms with Gasteiger partial charge in [-0.3, -0.25) is 8.98 Å². The number of carbonyl (C=O) groups excluding carboxylic acids is 1. The minimum atomic E-state index is -3.95. The van der Waals surface area contributed by atoms with Crippen molar-refractivity contribution in [1.82, 2.24) is 9.97 Å². The fraction of sp³-hybridized carbons (Fsp3) is 0.400. The van der Waals surface area contributed by atoms with Crippen molar-refractivity contribution in [2.24, 2.45) is 11.1 Å². The van der Waals surface area contributed by atoms with Gasteiger partial charge in [-0.15, -0.1) is 11.3 Å². The first kappa shape index (κ1) is 25.4. The Bertz CT molecular complexity index is 1310. The summed E-state index contributed by atoms with van der Waals surface area (Å²) in [5.74, 6) is 0.452. The largest absolute Gasteiger partial charge is 0.367 e. The Balaban J connectivity index is 1.46. The van der Waals surface area contributed by atoms with E-state index < -0.39 is 10.3 Å². The summed E-state index contributed by atoms with van der Waals surface area (Å²) < 4.78 is 26.9. The Hall–Kier alpha value is -2.66. The van der Waals surface area contributed by atoms with E-state index in [0.29, 0.717) is 22.7 Å². The lowest BCUT2D eigenvalue weighted by molar-refractivity contribution is 0.104. The number of anilines is 1. The smallest absolute Gasteiger partial charge is 0.333 e. The predicted molar refractivity (Wildman–Crippen MR) is 137 cm³/mol. The number of nitrogens with two attached hydrogens (primary N) is 1. The van der Waals surface area contributed by atoms with Crippen molar-refractivity contribution in [3.63, 3.8) is 0 Å². The third-order valence-corrected chi connectivity index (χ3v) is 7.90. The summed E-state index contributed by atoms with van der Waals surface area (Å²) in [5, 5.41) is 8.29. The molecule has 0 saturated heterocycles. The van der Waals surface area contributed by atoms with Crippen molar-refractivity contribution < 1.29 is 17.4 Å². The van der Waals surface area contributed by atoms with Crippen LogP contribution in [-0.4, -0.2) is 36.8 Å². The molecule has 1 fully saturated rings. The van der Waals surface area contributed by atoms with Crippen LogP contribution < -0.4 is 10.5 Å². The zero-order chi connectivity index (χ0) is 25.0. The second kappa shape index (κ2) is 10.9. The standard InChI is InChI=1S/C25H30N4O4S2/c1-3-17-5-4-6-18(9-17)10-20-12-23(34-16(20)2)24(30)22-13-27-15-28-25(22)29-21-8-7-19(11-21)14-33-35(26,31)32/h4-6,9,12-13,15,19,21H,3,7-8,10-11,14H2,1-2H3,(H2,26,31,32)(H,27,28,29)/t19-,21+/m1/s1. The van der Waals surface area contributed by atoms with E-state index in [1.165, 1.54) is 28.8 Å². The number of thiophene rings is 1. The van der Waals surface area contributed by atoms with E-state index in [2.05, 4.69) is 46.5 Å². The summed E-state index contributed by atoms with van der Waals surface area (Å²) in [6.07, 6.45) is 7.06. The molecule has 1 saturated carbocycles. The van der Waals surface area contributed by atoms with Gasteiger partial charge < -0.3 is 5.32 Å². The van der Waals surface area contributed by atoms with Crippen LogP contribution >= 0.6 is 11.3 Å². The summed E-state index contributed by atoms with van der Waals surface area (Å²) in [4.78, 5) is 23.6. The number of aromatic nitrogens is 2. The molecule has 0 spiro atoms. The molecular formula is C25H30N4O4S2. The molecule has 0 unspecified atom stereocenters. The minimum absolute atomic E-state index is 0.0528. The summed E-state index contributed by atoms with van der Waals surface area (Å²) >= 11 is 1.49. The summed E-state index contributed by atoms with van der Waals surface area (Å²) in [7, 11) is -3.95. The second-order valence-electron chi connectivity index (χ2n) is 8.95. The number of nitrogens with one attached hydrogen (secondary N) is 1. The molecule has 2 heterocycles. The van der Waals surface area contributed by atoms with E-state index >= 15 is 0 Å². The van der Waals surface area contributed by atoms with Gasteiger partial charge in [-0.1, -0.05) is 31.2 Å². The van der Waals surface area contributed by atoms with Gasteiger partial charge >= 0.3 is 10.3 Å². The number of benzene rings is 1. The molecule has 0 radical (unpaired) electrons. The maximum atomic E-state index is 13.4. The van der Waals surface area contributed by atoms with Gasteiger partial charge in [0.05, 0.1) is 17.0 Å². The van der Waals surface area contributed by atoms with Crippen molar-refractivity contribution in [1.29, 1.82) is 0 Å². The van der Waals surface area contributed by atoms with E-state index in [1.54, 1.807) is 6.20 Å². The first-order chi connectivity index (χ1) is 16.7. The van der Waals surface area contributed by atoms with Crippen LogP contribution in [0.25, 0.3) is 0 Å². The number of ketones is 1. The molecule has 35 heavy (non-hydrogen) atoms. The Labute approximate surface area is 210 Å². The number of rotatable bonds is 10. The highest BCUT2D eigenvalue weighted by atomic mass is 32.2. The maximum Gasteiger partial charge on any atom is 0.333 e. The van der Waals surface area contributed by atoms with Gasteiger partial charge in [0.1, 0.15) is 12.1 Å². The van der Waals surface area contributed by atoms with Crippen LogP contribution in [0.15, 0.2) is 42.9 Å². The molecule has 2 atom stereocenters. The Morgan fingerprint density at radius 2 is 2.06 bits per heavy atom. The Morgan fingerprint density at radius 1 is 1.26 bits per heavy atom. The van der Waals surface area contributed by atoms with Crippen molar-refractivity contribution >= 4 is 33.2 Å². The maximum absolute atomic E-state index is 13.4. The SMILES string of the molecule is CCc1cccc(Cc2cc(C(=O)c3cncnc3N[C@H]3CC[C@@H](COS(N)(=O)=O)C3)sc2C)c1. The molecule has 2 aromatic heterocycles. The van der Waals surface area contributed by atoms with Crippen LogP contribution in [-0.2, 0) is 27.3 Å². The molecule has 1 aliphatic rings. The van der Waals surface area contributed by atoms with Gasteiger partial charge in [-0.05, 0) is 67.7 Å². The van der Waals surface area contributed by atoms with Crippen molar-refractivity contribution in [2.45, 2.75) is 52.0 Å². The van der Waals surface area contributed by atoms with E-state index in [9.17, 15) is 13.2 Å². The topological polar surface area (TPSA) is 124 Å². The van der Waals surface area contributed by atoms with Crippen LogP contribution in [0.3, 0.4) is 0 Å². The van der Waals surface area contributed by atoms with Crippen molar-refractivity contribution in [3.8, 4) is 0 Å². The van der Waals surface area contributed by atoms with E-state index in [0.717, 1.165) is 36.1 Å². The number of aryl methyl sites for hydroxylation is 2. The quantitative estimate of drug-likeness (QED) is 0.391. The lowest BCUT2D eigenvalue weighted by atomic mass is 10.0. The van der Waals surface area contributed by atoms with Gasteiger partial charge in [-0.25, -0.2) is 15.1 Å². The van der Waals surface area contributed by atoms with Gasteiger partial charge in [0.15, 0.2) is 0 Å². The molecule has 1 aromatic carbocycles. The Morgan fingerprint density at radius 3 is 2.83 bits per heavy atom. The number of nitrogens with zero attached hydrogens (tertiary/aromatic N) is 2. The normalized spacial score (nSPS) is 18.0. The van der Waals surface area contributed by atoms with E-state index in [1.807, 2.05) is 13.0 Å². The molecule has 10 heteroatoms. The number of carbonyl (C=O) groups is 1. The van der Waals surface area contributed by atoms with Crippen molar-refractivity contribution in [3.05, 3.63) is 74.9 Å². The van der Waals surface area contributed by atoms with Crippen LogP contribution in [0.4, 0.5) is 5.82 Å². The third kappa shape index (κ3) is 6.72. The molecule has 3 N–H and O–H groups in total. The second-order valence-corrected chi connectivity index (χ2v) is 11.4. The summed E-state index contributed by atoms with van der Waals surface area (Å²) in [6, 6.07) is 10.6. The van der Waals surface area contributed by atoms with E-state index in [-0.39, 0.29) is 24.3 Å². The van der Waals surface area contributed by atoms with Crippen LogP contribution in [0.1, 0.15) is 63.0 Å². The zero-order valence-electron chi connectivity index (χ0n) is 19.9. The van der Waals surface area contributed by atoms with Crippen LogP contribution in [0.2, 0.25) is 0 Å². The van der Waals surface area contributed by atoms with Crippen molar-refractivity contribution in [2.75, 3.05) is 11.9 Å².